The second kappa shape index (κ2) is 6.23. The molecule has 20 heavy (non-hydrogen) atoms. The zero-order valence-electron chi connectivity index (χ0n) is 11.8. The van der Waals surface area contributed by atoms with E-state index >= 15 is 0 Å². The molecule has 104 valence electrons. The van der Waals surface area contributed by atoms with Crippen LogP contribution in [0.1, 0.15) is 42.7 Å². The third-order valence-corrected chi connectivity index (χ3v) is 2.80. The maximum atomic E-state index is 11.9. The van der Waals surface area contributed by atoms with Crippen LogP contribution in [0.25, 0.3) is 11.4 Å². The summed E-state index contributed by atoms with van der Waals surface area (Å²) in [4.78, 5) is 24.6. The smallest absolute Gasteiger partial charge is 0.341 e. The third-order valence-electron chi connectivity index (χ3n) is 2.80. The number of hydrogen-bond donors (Lipinski definition) is 0. The number of esters is 1. The molecular formula is C15H17N3O2. The van der Waals surface area contributed by atoms with Gasteiger partial charge in [0.2, 0.25) is 0 Å². The predicted molar refractivity (Wildman–Crippen MR) is 75.3 cm³/mol. The third kappa shape index (κ3) is 2.99. The summed E-state index contributed by atoms with van der Waals surface area (Å²) in [6.45, 7) is 6.09. The Bertz CT molecular complexity index is 597. The van der Waals surface area contributed by atoms with Crippen molar-refractivity contribution in [2.75, 3.05) is 6.61 Å². The predicted octanol–water partition coefficient (Wildman–Crippen LogP) is 2.84. The van der Waals surface area contributed by atoms with Crippen LogP contribution in [0.5, 0.6) is 0 Å². The number of rotatable bonds is 4. The molecule has 0 N–H and O–H groups in total. The van der Waals surface area contributed by atoms with Gasteiger partial charge in [-0.1, -0.05) is 13.8 Å². The van der Waals surface area contributed by atoms with Crippen molar-refractivity contribution < 1.29 is 9.53 Å². The fourth-order valence-corrected chi connectivity index (χ4v) is 1.84. The van der Waals surface area contributed by atoms with Crippen molar-refractivity contribution in [3.05, 3.63) is 42.0 Å². The molecule has 2 aromatic heterocycles. The van der Waals surface area contributed by atoms with E-state index in [1.807, 2.05) is 26.0 Å². The van der Waals surface area contributed by atoms with Crippen molar-refractivity contribution in [2.45, 2.75) is 26.7 Å². The second-order valence-electron chi connectivity index (χ2n) is 4.60. The van der Waals surface area contributed by atoms with Gasteiger partial charge in [0.1, 0.15) is 0 Å². The molecule has 0 radical (unpaired) electrons. The van der Waals surface area contributed by atoms with Crippen LogP contribution in [0.15, 0.2) is 30.7 Å². The molecule has 5 nitrogen and oxygen atoms in total. The molecule has 0 unspecified atom stereocenters. The first kappa shape index (κ1) is 14.1. The molecule has 0 atom stereocenters. The molecule has 0 bridgehead atoms. The molecule has 0 aromatic carbocycles. The molecule has 2 heterocycles. The van der Waals surface area contributed by atoms with Gasteiger partial charge in [-0.15, -0.1) is 0 Å². The minimum atomic E-state index is -0.377. The normalized spacial score (nSPS) is 10.6. The molecule has 5 heteroatoms. The van der Waals surface area contributed by atoms with Crippen LogP contribution in [0.2, 0.25) is 0 Å². The Kier molecular flexibility index (Phi) is 4.40. The standard InChI is InChI=1S/C15H17N3O2/c1-4-20-15(19)12-9-17-14(18-13(12)10(2)3)11-5-7-16-8-6-11/h5-10H,4H2,1-3H3. The van der Waals surface area contributed by atoms with Gasteiger partial charge in [-0.05, 0) is 25.0 Å². The van der Waals surface area contributed by atoms with Crippen LogP contribution < -0.4 is 0 Å². The van der Waals surface area contributed by atoms with Crippen molar-refractivity contribution in [3.63, 3.8) is 0 Å². The van der Waals surface area contributed by atoms with E-state index in [1.54, 1.807) is 19.3 Å². The van der Waals surface area contributed by atoms with Gasteiger partial charge in [-0.25, -0.2) is 14.8 Å². The fraction of sp³-hybridized carbons (Fsp3) is 0.333. The van der Waals surface area contributed by atoms with E-state index in [4.69, 9.17) is 4.74 Å². The van der Waals surface area contributed by atoms with E-state index in [-0.39, 0.29) is 11.9 Å². The van der Waals surface area contributed by atoms with Gasteiger partial charge in [0, 0.05) is 24.2 Å². The molecule has 0 fully saturated rings. The number of carbonyl (C=O) groups excluding carboxylic acids is 1. The van der Waals surface area contributed by atoms with Crippen molar-refractivity contribution in [3.8, 4) is 11.4 Å². The molecule has 0 spiro atoms. The zero-order chi connectivity index (χ0) is 14.5. The van der Waals surface area contributed by atoms with Crippen LogP contribution in [0, 0.1) is 0 Å². The molecule has 0 amide bonds. The molecule has 2 rings (SSSR count). The van der Waals surface area contributed by atoms with Crippen molar-refractivity contribution in [1.29, 1.82) is 0 Å². The van der Waals surface area contributed by atoms with Crippen LogP contribution in [-0.2, 0) is 4.74 Å². The number of pyridine rings is 1. The molecule has 0 aliphatic heterocycles. The fourth-order valence-electron chi connectivity index (χ4n) is 1.84. The van der Waals surface area contributed by atoms with E-state index in [0.717, 1.165) is 5.56 Å². The van der Waals surface area contributed by atoms with Gasteiger partial charge in [0.25, 0.3) is 0 Å². The van der Waals surface area contributed by atoms with Crippen LogP contribution in [0.4, 0.5) is 0 Å². The van der Waals surface area contributed by atoms with E-state index in [1.165, 1.54) is 6.20 Å². The Morgan fingerprint density at radius 1 is 1.30 bits per heavy atom. The highest BCUT2D eigenvalue weighted by molar-refractivity contribution is 5.90. The lowest BCUT2D eigenvalue weighted by molar-refractivity contribution is 0.0523. The summed E-state index contributed by atoms with van der Waals surface area (Å²) in [5.41, 5.74) is 2.00. The first-order valence-electron chi connectivity index (χ1n) is 6.58. The number of ether oxygens (including phenoxy) is 1. The average Bonchev–Trinajstić information content (AvgIpc) is 2.47. The Hall–Kier alpha value is -2.30. The summed E-state index contributed by atoms with van der Waals surface area (Å²) >= 11 is 0. The lowest BCUT2D eigenvalue weighted by Crippen LogP contribution is -2.12. The quantitative estimate of drug-likeness (QED) is 0.800. The first-order valence-corrected chi connectivity index (χ1v) is 6.58. The van der Waals surface area contributed by atoms with Gasteiger partial charge in [-0.2, -0.15) is 0 Å². The van der Waals surface area contributed by atoms with Gasteiger partial charge in [0.05, 0.1) is 17.9 Å². The average molecular weight is 271 g/mol. The number of aromatic nitrogens is 3. The Morgan fingerprint density at radius 2 is 2.00 bits per heavy atom. The van der Waals surface area contributed by atoms with Gasteiger partial charge >= 0.3 is 5.97 Å². The molecular weight excluding hydrogens is 254 g/mol. The lowest BCUT2D eigenvalue weighted by atomic mass is 10.0. The highest BCUT2D eigenvalue weighted by Crippen LogP contribution is 2.21. The summed E-state index contributed by atoms with van der Waals surface area (Å²) in [6, 6.07) is 3.67. The van der Waals surface area contributed by atoms with Gasteiger partial charge in [0.15, 0.2) is 5.82 Å². The van der Waals surface area contributed by atoms with E-state index in [2.05, 4.69) is 15.0 Å². The van der Waals surface area contributed by atoms with Crippen LogP contribution >= 0.6 is 0 Å². The van der Waals surface area contributed by atoms with Gasteiger partial charge in [-0.3, -0.25) is 4.98 Å². The molecule has 2 aromatic rings. The summed E-state index contributed by atoms with van der Waals surface area (Å²) < 4.78 is 5.04. The van der Waals surface area contributed by atoms with Crippen molar-refractivity contribution >= 4 is 5.97 Å². The minimum Gasteiger partial charge on any atom is -0.462 e. The summed E-state index contributed by atoms with van der Waals surface area (Å²) in [5, 5.41) is 0. The van der Waals surface area contributed by atoms with Crippen molar-refractivity contribution in [2.24, 2.45) is 0 Å². The van der Waals surface area contributed by atoms with Crippen LogP contribution in [0.3, 0.4) is 0 Å². The number of carbonyl (C=O) groups is 1. The topological polar surface area (TPSA) is 65.0 Å². The summed E-state index contributed by atoms with van der Waals surface area (Å²) in [7, 11) is 0. The maximum Gasteiger partial charge on any atom is 0.341 e. The Labute approximate surface area is 118 Å². The van der Waals surface area contributed by atoms with Crippen molar-refractivity contribution in [1.82, 2.24) is 15.0 Å². The van der Waals surface area contributed by atoms with E-state index in [9.17, 15) is 4.79 Å². The SMILES string of the molecule is CCOC(=O)c1cnc(-c2ccncc2)nc1C(C)C. The number of nitrogens with zero attached hydrogens (tertiary/aromatic N) is 3. The highest BCUT2D eigenvalue weighted by Gasteiger charge is 2.18. The highest BCUT2D eigenvalue weighted by atomic mass is 16.5. The Balaban J connectivity index is 2.45. The zero-order valence-corrected chi connectivity index (χ0v) is 11.8. The number of hydrogen-bond acceptors (Lipinski definition) is 5. The largest absolute Gasteiger partial charge is 0.462 e. The minimum absolute atomic E-state index is 0.109. The van der Waals surface area contributed by atoms with Gasteiger partial charge < -0.3 is 4.74 Å². The van der Waals surface area contributed by atoms with E-state index < -0.39 is 0 Å². The molecule has 0 saturated carbocycles. The Morgan fingerprint density at radius 3 is 2.60 bits per heavy atom. The molecule has 0 aliphatic carbocycles. The maximum absolute atomic E-state index is 11.9. The van der Waals surface area contributed by atoms with Crippen LogP contribution in [-0.4, -0.2) is 27.5 Å². The first-order chi connectivity index (χ1) is 9.63. The lowest BCUT2D eigenvalue weighted by Gasteiger charge is -2.12. The monoisotopic (exact) mass is 271 g/mol. The summed E-state index contributed by atoms with van der Waals surface area (Å²) in [6.07, 6.45) is 4.91. The second-order valence-corrected chi connectivity index (χ2v) is 4.60. The van der Waals surface area contributed by atoms with E-state index in [0.29, 0.717) is 23.7 Å². The molecule has 0 saturated heterocycles. The molecule has 0 aliphatic rings. The summed E-state index contributed by atoms with van der Waals surface area (Å²) in [5.74, 6) is 0.319.